The first-order valence-corrected chi connectivity index (χ1v) is 8.88. The Morgan fingerprint density at radius 1 is 1.21 bits per heavy atom. The minimum Gasteiger partial charge on any atom is -0.378 e. The highest BCUT2D eigenvalue weighted by Crippen LogP contribution is 2.20. The van der Waals surface area contributed by atoms with Gasteiger partial charge < -0.3 is 15.0 Å². The second-order valence-corrected chi connectivity index (χ2v) is 6.36. The summed E-state index contributed by atoms with van der Waals surface area (Å²) in [6.45, 7) is 3.64. The molecule has 7 heteroatoms. The molecule has 0 aliphatic carbocycles. The first kappa shape index (κ1) is 16.7. The fourth-order valence-electron chi connectivity index (χ4n) is 2.36. The first-order chi connectivity index (χ1) is 11.8. The van der Waals surface area contributed by atoms with Crippen LogP contribution in [0.25, 0.3) is 0 Å². The van der Waals surface area contributed by atoms with E-state index in [4.69, 9.17) is 4.74 Å². The highest BCUT2D eigenvalue weighted by atomic mass is 32.2. The quantitative estimate of drug-likeness (QED) is 0.636. The van der Waals surface area contributed by atoms with Gasteiger partial charge >= 0.3 is 0 Å². The highest BCUT2D eigenvalue weighted by Gasteiger charge is 2.13. The number of morpholine rings is 1. The monoisotopic (exact) mass is 344 g/mol. The van der Waals surface area contributed by atoms with E-state index in [1.165, 1.54) is 11.8 Å². The van der Waals surface area contributed by atoms with Crippen molar-refractivity contribution >= 4 is 23.5 Å². The number of nitrogens with one attached hydrogen (secondary N) is 1. The molecule has 3 rings (SSSR count). The fraction of sp³-hybridized carbons (Fsp3) is 0.353. The number of hydrogen-bond donors (Lipinski definition) is 1. The third kappa shape index (κ3) is 4.94. The van der Waals surface area contributed by atoms with Crippen molar-refractivity contribution in [1.82, 2.24) is 15.3 Å². The van der Waals surface area contributed by atoms with Crippen LogP contribution in [-0.4, -0.2) is 47.9 Å². The van der Waals surface area contributed by atoms with Crippen molar-refractivity contribution < 1.29 is 9.53 Å². The molecule has 1 aliphatic rings. The van der Waals surface area contributed by atoms with Gasteiger partial charge in [0.15, 0.2) is 0 Å². The number of nitrogens with zero attached hydrogens (tertiary/aromatic N) is 3. The van der Waals surface area contributed by atoms with Crippen molar-refractivity contribution in [3.8, 4) is 0 Å². The standard InChI is InChI=1S/C17H20N4O2S/c22-16(18-11-14-4-2-1-3-5-14)12-24-17-10-15(19-13-20-17)21-6-8-23-9-7-21/h1-5,10,13H,6-9,11-12H2,(H,18,22). The lowest BCUT2D eigenvalue weighted by Gasteiger charge is -2.27. The molecule has 0 saturated carbocycles. The molecule has 1 aromatic carbocycles. The van der Waals surface area contributed by atoms with E-state index in [-0.39, 0.29) is 5.91 Å². The van der Waals surface area contributed by atoms with Crippen LogP contribution in [0.15, 0.2) is 47.8 Å². The van der Waals surface area contributed by atoms with Crippen LogP contribution < -0.4 is 10.2 Å². The maximum Gasteiger partial charge on any atom is 0.230 e. The van der Waals surface area contributed by atoms with Gasteiger partial charge in [-0.1, -0.05) is 42.1 Å². The summed E-state index contributed by atoms with van der Waals surface area (Å²) in [7, 11) is 0. The van der Waals surface area contributed by atoms with Crippen molar-refractivity contribution in [1.29, 1.82) is 0 Å². The molecule has 1 amide bonds. The van der Waals surface area contributed by atoms with Crippen LogP contribution in [0.1, 0.15) is 5.56 Å². The Hall–Kier alpha value is -2.12. The Morgan fingerprint density at radius 3 is 2.79 bits per heavy atom. The third-order valence-electron chi connectivity index (χ3n) is 3.65. The van der Waals surface area contributed by atoms with E-state index in [1.807, 2.05) is 36.4 Å². The van der Waals surface area contributed by atoms with E-state index in [0.717, 1.165) is 29.5 Å². The SMILES string of the molecule is O=C(CSc1cc(N2CCOCC2)ncn1)NCc1ccccc1. The van der Waals surface area contributed by atoms with Gasteiger partial charge in [0.25, 0.3) is 0 Å². The molecule has 0 unspecified atom stereocenters. The maximum absolute atomic E-state index is 12.0. The van der Waals surface area contributed by atoms with Gasteiger partial charge in [-0.3, -0.25) is 4.79 Å². The zero-order valence-corrected chi connectivity index (χ0v) is 14.2. The number of carbonyl (C=O) groups is 1. The molecular weight excluding hydrogens is 324 g/mol. The molecule has 126 valence electrons. The number of hydrogen-bond acceptors (Lipinski definition) is 6. The average Bonchev–Trinajstić information content (AvgIpc) is 2.66. The molecule has 1 fully saturated rings. The summed E-state index contributed by atoms with van der Waals surface area (Å²) in [5.41, 5.74) is 1.09. The molecular formula is C17H20N4O2S. The molecule has 0 atom stereocenters. The number of rotatable bonds is 6. The Labute approximate surface area is 145 Å². The van der Waals surface area contributed by atoms with Gasteiger partial charge in [-0.25, -0.2) is 9.97 Å². The molecule has 1 N–H and O–H groups in total. The summed E-state index contributed by atoms with van der Waals surface area (Å²) in [6.07, 6.45) is 1.55. The predicted molar refractivity (Wildman–Crippen MR) is 94.1 cm³/mol. The molecule has 6 nitrogen and oxygen atoms in total. The smallest absolute Gasteiger partial charge is 0.230 e. The summed E-state index contributed by atoms with van der Waals surface area (Å²) in [5, 5.41) is 3.72. The highest BCUT2D eigenvalue weighted by molar-refractivity contribution is 7.99. The largest absolute Gasteiger partial charge is 0.378 e. The van der Waals surface area contributed by atoms with Crippen LogP contribution in [0.2, 0.25) is 0 Å². The molecule has 0 spiro atoms. The van der Waals surface area contributed by atoms with Crippen molar-refractivity contribution in [2.75, 3.05) is 37.0 Å². The average molecular weight is 344 g/mol. The van der Waals surface area contributed by atoms with Crippen LogP contribution in [0.4, 0.5) is 5.82 Å². The van der Waals surface area contributed by atoms with Crippen molar-refractivity contribution in [3.05, 3.63) is 48.3 Å². The molecule has 24 heavy (non-hydrogen) atoms. The van der Waals surface area contributed by atoms with Crippen LogP contribution >= 0.6 is 11.8 Å². The van der Waals surface area contributed by atoms with E-state index < -0.39 is 0 Å². The van der Waals surface area contributed by atoms with Gasteiger partial charge in [0.1, 0.15) is 17.2 Å². The molecule has 0 bridgehead atoms. The molecule has 1 aromatic heterocycles. The first-order valence-electron chi connectivity index (χ1n) is 7.89. The van der Waals surface area contributed by atoms with Crippen LogP contribution in [0.3, 0.4) is 0 Å². The number of amides is 1. The fourth-order valence-corrected chi connectivity index (χ4v) is 3.05. The number of ether oxygens (including phenoxy) is 1. The lowest BCUT2D eigenvalue weighted by Crippen LogP contribution is -2.36. The van der Waals surface area contributed by atoms with Gasteiger partial charge in [0, 0.05) is 25.7 Å². The van der Waals surface area contributed by atoms with Crippen LogP contribution in [-0.2, 0) is 16.1 Å². The summed E-state index contributed by atoms with van der Waals surface area (Å²) >= 11 is 1.42. The molecule has 2 aromatic rings. The Kier molecular flexibility index (Phi) is 6.03. The van der Waals surface area contributed by atoms with Crippen molar-refractivity contribution in [2.24, 2.45) is 0 Å². The number of benzene rings is 1. The lowest BCUT2D eigenvalue weighted by atomic mass is 10.2. The number of anilines is 1. The zero-order chi connectivity index (χ0) is 16.6. The summed E-state index contributed by atoms with van der Waals surface area (Å²) in [4.78, 5) is 22.7. The second kappa shape index (κ2) is 8.65. The summed E-state index contributed by atoms with van der Waals surface area (Å²) in [6, 6.07) is 11.8. The van der Waals surface area contributed by atoms with Crippen molar-refractivity contribution in [2.45, 2.75) is 11.6 Å². The van der Waals surface area contributed by atoms with E-state index in [2.05, 4.69) is 20.2 Å². The number of aromatic nitrogens is 2. The van der Waals surface area contributed by atoms with Gasteiger partial charge in [0.2, 0.25) is 5.91 Å². The lowest BCUT2D eigenvalue weighted by molar-refractivity contribution is -0.118. The van der Waals surface area contributed by atoms with Gasteiger partial charge in [-0.15, -0.1) is 0 Å². The maximum atomic E-state index is 12.0. The van der Waals surface area contributed by atoms with E-state index >= 15 is 0 Å². The molecule has 1 aliphatic heterocycles. The van der Waals surface area contributed by atoms with Gasteiger partial charge in [0.05, 0.1) is 19.0 Å². The number of carbonyl (C=O) groups excluding carboxylic acids is 1. The number of thioether (sulfide) groups is 1. The van der Waals surface area contributed by atoms with Crippen molar-refractivity contribution in [3.63, 3.8) is 0 Å². The minimum atomic E-state index is -0.00427. The molecule has 0 radical (unpaired) electrons. The normalized spacial score (nSPS) is 14.4. The van der Waals surface area contributed by atoms with E-state index in [9.17, 15) is 4.79 Å². The van der Waals surface area contributed by atoms with E-state index in [1.54, 1.807) is 6.33 Å². The zero-order valence-electron chi connectivity index (χ0n) is 13.4. The minimum absolute atomic E-state index is 0.00427. The summed E-state index contributed by atoms with van der Waals surface area (Å²) < 4.78 is 5.35. The third-order valence-corrected chi connectivity index (χ3v) is 4.57. The van der Waals surface area contributed by atoms with E-state index in [0.29, 0.717) is 25.5 Å². The Balaban J connectivity index is 1.48. The van der Waals surface area contributed by atoms with Crippen LogP contribution in [0, 0.1) is 0 Å². The topological polar surface area (TPSA) is 67.4 Å². The molecule has 2 heterocycles. The second-order valence-electron chi connectivity index (χ2n) is 5.36. The van der Waals surface area contributed by atoms with Gasteiger partial charge in [-0.2, -0.15) is 0 Å². The van der Waals surface area contributed by atoms with Gasteiger partial charge in [-0.05, 0) is 5.56 Å². The molecule has 1 saturated heterocycles. The predicted octanol–water partition coefficient (Wildman–Crippen LogP) is 1.72. The summed E-state index contributed by atoms with van der Waals surface area (Å²) in [5.74, 6) is 1.22. The Bertz CT molecular complexity index is 663. The van der Waals surface area contributed by atoms with Crippen LogP contribution in [0.5, 0.6) is 0 Å². The Morgan fingerprint density at radius 2 is 2.00 bits per heavy atom.